The zero-order valence-corrected chi connectivity index (χ0v) is 19.6. The lowest BCUT2D eigenvalue weighted by atomic mass is 10.0. The third-order valence-electron chi connectivity index (χ3n) is 4.90. The Balaban J connectivity index is 2.88. The Hall–Kier alpha value is -3.71. The minimum Gasteiger partial charge on any atom is -0.508 e. The predicted octanol–water partition coefficient (Wildman–Crippen LogP) is -2.29. The first-order valence-corrected chi connectivity index (χ1v) is 10.9. The summed E-state index contributed by atoms with van der Waals surface area (Å²) in [7, 11) is 0. The van der Waals surface area contributed by atoms with Crippen LogP contribution in [0.25, 0.3) is 0 Å². The number of nitrogens with one attached hydrogen (secondary N) is 3. The van der Waals surface area contributed by atoms with Gasteiger partial charge in [-0.3, -0.25) is 19.2 Å². The van der Waals surface area contributed by atoms with Crippen molar-refractivity contribution >= 4 is 29.6 Å². The molecule has 1 aromatic rings. The number of phenols is 1. The Morgan fingerprint density at radius 1 is 0.886 bits per heavy atom. The molecule has 0 bridgehead atoms. The number of hydrogen-bond donors (Lipinski definition) is 8. The highest BCUT2D eigenvalue weighted by Crippen LogP contribution is 2.12. The number of benzene rings is 1. The van der Waals surface area contributed by atoms with Crippen molar-refractivity contribution in [3.05, 3.63) is 29.8 Å². The van der Waals surface area contributed by atoms with Crippen molar-refractivity contribution < 1.29 is 39.3 Å². The Morgan fingerprint density at radius 2 is 1.40 bits per heavy atom. The first kappa shape index (κ1) is 29.3. The van der Waals surface area contributed by atoms with Gasteiger partial charge in [0.05, 0.1) is 19.1 Å². The van der Waals surface area contributed by atoms with E-state index in [4.69, 9.17) is 11.5 Å². The lowest BCUT2D eigenvalue weighted by molar-refractivity contribution is -0.142. The van der Waals surface area contributed by atoms with E-state index in [1.807, 2.05) is 0 Å². The van der Waals surface area contributed by atoms with Crippen LogP contribution in [0.5, 0.6) is 5.75 Å². The topological polar surface area (TPSA) is 234 Å². The number of aliphatic hydroxyl groups excluding tert-OH is 1. The molecule has 1 rings (SSSR count). The molecule has 194 valence electrons. The number of aliphatic carboxylic acids is 1. The van der Waals surface area contributed by atoms with Gasteiger partial charge in [0.2, 0.25) is 23.6 Å². The molecular formula is C22H33N5O8. The minimum atomic E-state index is -1.50. The van der Waals surface area contributed by atoms with E-state index >= 15 is 0 Å². The minimum absolute atomic E-state index is 0.00802. The highest BCUT2D eigenvalue weighted by molar-refractivity contribution is 5.95. The van der Waals surface area contributed by atoms with Gasteiger partial charge in [0.15, 0.2) is 0 Å². The lowest BCUT2D eigenvalue weighted by Crippen LogP contribution is -2.58. The molecule has 4 atom stereocenters. The maximum atomic E-state index is 12.8. The number of aromatic hydroxyl groups is 1. The molecule has 0 aliphatic carbocycles. The van der Waals surface area contributed by atoms with E-state index in [0.717, 1.165) is 0 Å². The van der Waals surface area contributed by atoms with Crippen LogP contribution in [-0.4, -0.2) is 75.7 Å². The van der Waals surface area contributed by atoms with Gasteiger partial charge in [-0.05, 0) is 30.0 Å². The zero-order chi connectivity index (χ0) is 26.7. The van der Waals surface area contributed by atoms with E-state index in [0.29, 0.717) is 5.56 Å². The van der Waals surface area contributed by atoms with Crippen LogP contribution < -0.4 is 27.4 Å². The third-order valence-corrected chi connectivity index (χ3v) is 4.90. The molecule has 10 N–H and O–H groups in total. The molecule has 0 fully saturated rings. The second-order valence-corrected chi connectivity index (χ2v) is 8.48. The van der Waals surface area contributed by atoms with Crippen molar-refractivity contribution in [3.8, 4) is 5.75 Å². The maximum Gasteiger partial charge on any atom is 0.326 e. The van der Waals surface area contributed by atoms with Gasteiger partial charge in [-0.1, -0.05) is 26.0 Å². The first-order chi connectivity index (χ1) is 16.3. The molecule has 0 saturated heterocycles. The molecule has 0 aliphatic heterocycles. The summed E-state index contributed by atoms with van der Waals surface area (Å²) in [4.78, 5) is 60.3. The predicted molar refractivity (Wildman–Crippen MR) is 124 cm³/mol. The molecule has 13 heteroatoms. The number of primary amides is 1. The Kier molecular flexibility index (Phi) is 11.6. The molecule has 4 amide bonds. The van der Waals surface area contributed by atoms with Gasteiger partial charge < -0.3 is 42.7 Å². The third kappa shape index (κ3) is 10.4. The van der Waals surface area contributed by atoms with Crippen LogP contribution >= 0.6 is 0 Å². The van der Waals surface area contributed by atoms with Crippen LogP contribution in [0.15, 0.2) is 24.3 Å². The van der Waals surface area contributed by atoms with Gasteiger partial charge in [-0.25, -0.2) is 4.79 Å². The molecule has 0 saturated carbocycles. The second-order valence-electron chi connectivity index (χ2n) is 8.48. The molecule has 1 aromatic carbocycles. The molecule has 0 aliphatic rings. The van der Waals surface area contributed by atoms with E-state index < -0.39 is 66.8 Å². The highest BCUT2D eigenvalue weighted by atomic mass is 16.4. The van der Waals surface area contributed by atoms with Gasteiger partial charge >= 0.3 is 5.97 Å². The summed E-state index contributed by atoms with van der Waals surface area (Å²) in [5, 5.41) is 35.4. The van der Waals surface area contributed by atoms with Crippen LogP contribution in [0.2, 0.25) is 0 Å². The number of carbonyl (C=O) groups is 5. The average molecular weight is 496 g/mol. The van der Waals surface area contributed by atoms with Crippen molar-refractivity contribution in [3.63, 3.8) is 0 Å². The Labute approximate surface area is 202 Å². The highest BCUT2D eigenvalue weighted by Gasteiger charge is 2.30. The van der Waals surface area contributed by atoms with Crippen LogP contribution in [-0.2, 0) is 30.4 Å². The molecule has 0 aromatic heterocycles. The number of aliphatic hydroxyl groups is 1. The smallest absolute Gasteiger partial charge is 0.326 e. The van der Waals surface area contributed by atoms with Gasteiger partial charge in [-0.2, -0.15) is 0 Å². The standard InChI is InChI=1S/C22H33N5O8/c1-11(2)7-15(25-19(31)14(23)9-18(24)30)20(32)27-17(10-28)21(33)26-16(22(34)35)8-12-3-5-13(29)6-4-12/h3-6,11,14-17,28-29H,7-10,23H2,1-2H3,(H2,24,30)(H,25,31)(H,26,33)(H,27,32)(H,34,35). The van der Waals surface area contributed by atoms with E-state index in [2.05, 4.69) is 16.0 Å². The SMILES string of the molecule is CC(C)CC(NC(=O)C(N)CC(N)=O)C(=O)NC(CO)C(=O)NC(Cc1ccc(O)cc1)C(=O)O. The Morgan fingerprint density at radius 3 is 1.89 bits per heavy atom. The van der Waals surface area contributed by atoms with Gasteiger partial charge in [0.25, 0.3) is 0 Å². The number of nitrogens with two attached hydrogens (primary N) is 2. The Bertz CT molecular complexity index is 906. The average Bonchev–Trinajstić information content (AvgIpc) is 2.76. The normalized spacial score (nSPS) is 14.3. The van der Waals surface area contributed by atoms with Crippen molar-refractivity contribution in [2.45, 2.75) is 57.3 Å². The van der Waals surface area contributed by atoms with Crippen LogP contribution in [0.4, 0.5) is 0 Å². The molecule has 0 radical (unpaired) electrons. The quantitative estimate of drug-likeness (QED) is 0.138. The summed E-state index contributed by atoms with van der Waals surface area (Å²) < 4.78 is 0. The molecule has 13 nitrogen and oxygen atoms in total. The number of phenolic OH excluding ortho intramolecular Hbond substituents is 1. The van der Waals surface area contributed by atoms with Crippen LogP contribution in [0, 0.1) is 5.92 Å². The number of carbonyl (C=O) groups excluding carboxylic acids is 4. The molecule has 0 heterocycles. The fourth-order valence-corrected chi connectivity index (χ4v) is 3.10. The summed E-state index contributed by atoms with van der Waals surface area (Å²) in [6, 6.07) is 0.413. The lowest BCUT2D eigenvalue weighted by Gasteiger charge is -2.25. The number of rotatable bonds is 14. The van der Waals surface area contributed by atoms with Crippen LogP contribution in [0.3, 0.4) is 0 Å². The van der Waals surface area contributed by atoms with Gasteiger partial charge in [0.1, 0.15) is 23.9 Å². The van der Waals surface area contributed by atoms with E-state index in [-0.39, 0.29) is 24.5 Å². The molecule has 35 heavy (non-hydrogen) atoms. The maximum absolute atomic E-state index is 12.8. The van der Waals surface area contributed by atoms with E-state index in [1.54, 1.807) is 13.8 Å². The number of amides is 4. The summed E-state index contributed by atoms with van der Waals surface area (Å²) in [5.41, 5.74) is 11.2. The number of carboxylic acid groups (broad SMARTS) is 1. The summed E-state index contributed by atoms with van der Waals surface area (Å²) in [6.07, 6.45) is -0.391. The van der Waals surface area contributed by atoms with Crippen molar-refractivity contribution in [1.82, 2.24) is 16.0 Å². The number of carboxylic acids is 1. The second kappa shape index (κ2) is 13.9. The molecule has 0 spiro atoms. The number of hydrogen-bond acceptors (Lipinski definition) is 8. The zero-order valence-electron chi connectivity index (χ0n) is 19.6. The summed E-state index contributed by atoms with van der Waals surface area (Å²) >= 11 is 0. The largest absolute Gasteiger partial charge is 0.508 e. The van der Waals surface area contributed by atoms with E-state index in [1.165, 1.54) is 24.3 Å². The van der Waals surface area contributed by atoms with Gasteiger partial charge in [-0.15, -0.1) is 0 Å². The fraction of sp³-hybridized carbons (Fsp3) is 0.500. The fourth-order valence-electron chi connectivity index (χ4n) is 3.10. The summed E-state index contributed by atoms with van der Waals surface area (Å²) in [6.45, 7) is 2.73. The van der Waals surface area contributed by atoms with Crippen molar-refractivity contribution in [1.29, 1.82) is 0 Å². The summed E-state index contributed by atoms with van der Waals surface area (Å²) in [5.74, 6) is -4.77. The van der Waals surface area contributed by atoms with Gasteiger partial charge in [0, 0.05) is 6.42 Å². The molecular weight excluding hydrogens is 462 g/mol. The van der Waals surface area contributed by atoms with E-state index in [9.17, 15) is 39.3 Å². The first-order valence-electron chi connectivity index (χ1n) is 10.9. The monoisotopic (exact) mass is 495 g/mol. The molecule has 4 unspecified atom stereocenters. The van der Waals surface area contributed by atoms with Crippen molar-refractivity contribution in [2.24, 2.45) is 17.4 Å². The van der Waals surface area contributed by atoms with Crippen LogP contribution in [0.1, 0.15) is 32.3 Å². The van der Waals surface area contributed by atoms with Crippen molar-refractivity contribution in [2.75, 3.05) is 6.61 Å².